The molecule has 580 valence electrons. The maximum Gasteiger partial charge on any atom is 0.326 e. The number of hydrogen-bond donors (Lipinski definition) is 22. The third kappa shape index (κ3) is 41.7. The molecule has 0 aliphatic carbocycles. The van der Waals surface area contributed by atoms with Crippen molar-refractivity contribution >= 4 is 94.7 Å². The van der Waals surface area contributed by atoms with Crippen LogP contribution in [0.1, 0.15) is 182 Å². The third-order valence-electron chi connectivity index (χ3n) is 16.4. The van der Waals surface area contributed by atoms with Crippen molar-refractivity contribution < 1.29 is 67.7 Å². The van der Waals surface area contributed by atoms with Gasteiger partial charge in [-0.2, -0.15) is 11.8 Å². The van der Waals surface area contributed by atoms with Gasteiger partial charge in [-0.25, -0.2) is 4.79 Å². The van der Waals surface area contributed by atoms with E-state index in [1.807, 2.05) is 6.26 Å². The van der Waals surface area contributed by atoms with Crippen LogP contribution >= 0.6 is 11.8 Å². The first-order chi connectivity index (χ1) is 47.9. The summed E-state index contributed by atoms with van der Waals surface area (Å²) < 4.78 is 0. The molecule has 0 aliphatic heterocycles. The number of carboxylic acid groups (broad SMARTS) is 2. The molecule has 32 N–H and O–H groups in total. The molecular formula is C64H124N22O14S. The molecule has 37 heteroatoms. The molecule has 36 nitrogen and oxygen atoms in total. The van der Waals surface area contributed by atoms with Crippen LogP contribution in [0.2, 0.25) is 0 Å². The Balaban J connectivity index is 7.39. The highest BCUT2D eigenvalue weighted by Crippen LogP contribution is 2.15. The Morgan fingerprint density at radius 2 is 0.644 bits per heavy atom. The van der Waals surface area contributed by atoms with Crippen LogP contribution in [-0.4, -0.2) is 217 Å². The molecule has 0 aliphatic rings. The van der Waals surface area contributed by atoms with Crippen LogP contribution in [0, 0.1) is 11.8 Å². The lowest BCUT2D eigenvalue weighted by atomic mass is 9.98. The minimum atomic E-state index is -1.67. The molecule has 0 aromatic rings. The van der Waals surface area contributed by atoms with Crippen molar-refractivity contribution in [3.63, 3.8) is 0 Å². The van der Waals surface area contributed by atoms with Crippen LogP contribution in [0.4, 0.5) is 0 Å². The number of carbonyl (C=O) groups excluding carboxylic acids is 10. The van der Waals surface area contributed by atoms with Crippen molar-refractivity contribution in [1.82, 2.24) is 53.2 Å². The fourth-order valence-corrected chi connectivity index (χ4v) is 10.9. The molecule has 0 heterocycles. The first-order valence-electron chi connectivity index (χ1n) is 35.3. The zero-order valence-corrected chi connectivity index (χ0v) is 60.8. The number of aliphatic carboxylic acids is 2. The second-order valence-electron chi connectivity index (χ2n) is 25.5. The summed E-state index contributed by atoms with van der Waals surface area (Å²) in [6.07, 6.45) is 5.28. The number of nitrogens with zero attached hydrogens (tertiary/aromatic N) is 2. The minimum absolute atomic E-state index is 0.000481. The number of thioether (sulfide) groups is 1. The zero-order chi connectivity index (χ0) is 76.4. The van der Waals surface area contributed by atoms with Gasteiger partial charge in [-0.15, -0.1) is 0 Å². The molecule has 0 fully saturated rings. The van der Waals surface area contributed by atoms with Crippen LogP contribution in [0.25, 0.3) is 0 Å². The summed E-state index contributed by atoms with van der Waals surface area (Å²) in [7, 11) is 0. The average molecular weight is 1460 g/mol. The van der Waals surface area contributed by atoms with Gasteiger partial charge in [0.05, 0.1) is 6.04 Å². The van der Waals surface area contributed by atoms with E-state index in [-0.39, 0.29) is 134 Å². The highest BCUT2D eigenvalue weighted by atomic mass is 32.2. The Hall–Kier alpha value is -7.71. The van der Waals surface area contributed by atoms with Gasteiger partial charge in [0.25, 0.3) is 0 Å². The Kier molecular flexibility index (Phi) is 50.8. The second-order valence-corrected chi connectivity index (χ2v) is 26.5. The Labute approximate surface area is 598 Å². The first kappa shape index (κ1) is 93.3. The van der Waals surface area contributed by atoms with Gasteiger partial charge in [0.2, 0.25) is 59.1 Å². The van der Waals surface area contributed by atoms with Crippen molar-refractivity contribution in [2.75, 3.05) is 57.8 Å². The topological polar surface area (TPSA) is 651 Å². The maximum atomic E-state index is 14.6. The fourth-order valence-electron chi connectivity index (χ4n) is 10.4. The van der Waals surface area contributed by atoms with Gasteiger partial charge in [0, 0.05) is 19.5 Å². The van der Waals surface area contributed by atoms with Crippen LogP contribution < -0.4 is 111 Å². The molecule has 0 spiro atoms. The largest absolute Gasteiger partial charge is 0.481 e. The van der Waals surface area contributed by atoms with Gasteiger partial charge >= 0.3 is 11.9 Å². The number of hydrogen-bond acceptors (Lipinski definition) is 21. The van der Waals surface area contributed by atoms with Gasteiger partial charge in [0.1, 0.15) is 60.4 Å². The molecular weight excluding hydrogens is 1330 g/mol. The Bertz CT molecular complexity index is 2590. The van der Waals surface area contributed by atoms with E-state index in [0.29, 0.717) is 76.4 Å². The lowest BCUT2D eigenvalue weighted by Gasteiger charge is -2.29. The van der Waals surface area contributed by atoms with E-state index in [0.717, 1.165) is 0 Å². The molecule has 0 unspecified atom stereocenters. The van der Waals surface area contributed by atoms with Gasteiger partial charge in [-0.1, -0.05) is 34.1 Å². The SMILES string of the molecule is CC[C@H](C)[C@H](NC(=O)[C@H](CCCCN)NC(=O)[C@H](CCCCN)NC(=O)[C@H](CCCN=C(N)N)NC(=O)[C@H](CCCCN)NC(=O)[C@H](CCC(=O)O)NC(=O)[C@H](CC(C)C)NC(=O)[C@H](CCCCN)NC(=O)[C@H](CCCCN)NC(=O)[C@H](CCCN=C(N)N)NC(=O)[C@@H](N)CCSC)C(=O)O. The highest BCUT2D eigenvalue weighted by Gasteiger charge is 2.37. The van der Waals surface area contributed by atoms with Gasteiger partial charge in [-0.3, -0.25) is 62.7 Å². The number of rotatable bonds is 59. The number of carboxylic acids is 2. The number of carbonyl (C=O) groups is 12. The van der Waals surface area contributed by atoms with E-state index in [2.05, 4.69) is 63.2 Å². The molecule has 0 bridgehead atoms. The van der Waals surface area contributed by atoms with Crippen LogP contribution in [0.3, 0.4) is 0 Å². The predicted molar refractivity (Wildman–Crippen MR) is 388 cm³/mol. The summed E-state index contributed by atoms with van der Waals surface area (Å²) in [6.45, 7) is 8.15. The summed E-state index contributed by atoms with van der Waals surface area (Å²) in [4.78, 5) is 175. The predicted octanol–water partition coefficient (Wildman–Crippen LogP) is -4.29. The van der Waals surface area contributed by atoms with E-state index in [4.69, 9.17) is 57.3 Å². The standard InChI is InChI=1S/C64H124N22O14S/c1-6-39(4)51(62(99)100)86-60(97)45(23-11-16-33-69)82-54(91)42(20-8-13-30-66)79-57(94)47(25-18-35-76-64(73)74)83-55(92)43(21-9-14-31-67)81-59(96)48(26-27-50(87)88)84-61(98)49(37-38(2)3)85-58(95)44(22-10-15-32-68)80-53(90)41(19-7-12-29-65)78-56(93)46(24-17-34-75-63(71)72)77-52(89)40(70)28-36-101-5/h38-49,51H,6-37,65-70H2,1-5H3,(H,77,89)(H,78,93)(H,79,94)(H,80,90)(H,81,96)(H,82,91)(H,83,92)(H,84,98)(H,85,95)(H,86,97)(H,87,88)(H,99,100)(H4,71,72,75)(H4,73,74,76)/t39-,40-,41-,42-,43-,44-,45-,46-,47-,48-,49-,51-/m0/s1. The molecule has 12 atom stereocenters. The maximum absolute atomic E-state index is 14.6. The quantitative estimate of drug-likeness (QED) is 0.0156. The van der Waals surface area contributed by atoms with Crippen molar-refractivity contribution in [2.45, 2.75) is 248 Å². The Morgan fingerprint density at radius 3 is 0.901 bits per heavy atom. The molecule has 0 rings (SSSR count). The number of guanidine groups is 2. The van der Waals surface area contributed by atoms with E-state index in [1.54, 1.807) is 27.7 Å². The molecule has 10 amide bonds. The first-order valence-corrected chi connectivity index (χ1v) is 36.7. The lowest BCUT2D eigenvalue weighted by Crippen LogP contribution is -2.61. The summed E-state index contributed by atoms with van der Waals surface area (Å²) >= 11 is 1.48. The third-order valence-corrected chi connectivity index (χ3v) is 17.1. The summed E-state index contributed by atoms with van der Waals surface area (Å²) in [5.74, 6) is -11.6. The monoisotopic (exact) mass is 1460 g/mol. The molecule has 0 aromatic heterocycles. The van der Waals surface area contributed by atoms with E-state index in [1.165, 1.54) is 11.8 Å². The molecule has 0 saturated heterocycles. The zero-order valence-electron chi connectivity index (χ0n) is 60.0. The summed E-state index contributed by atoms with van der Waals surface area (Å²) in [5.41, 5.74) is 57.3. The number of aliphatic imine (C=N–C) groups is 2. The van der Waals surface area contributed by atoms with Gasteiger partial charge < -0.3 is 121 Å². The highest BCUT2D eigenvalue weighted by molar-refractivity contribution is 7.98. The van der Waals surface area contributed by atoms with E-state index in [9.17, 15) is 67.7 Å². The number of nitrogens with one attached hydrogen (secondary N) is 10. The van der Waals surface area contributed by atoms with Crippen molar-refractivity contribution in [3.8, 4) is 0 Å². The Morgan fingerprint density at radius 1 is 0.376 bits per heavy atom. The van der Waals surface area contributed by atoms with Crippen LogP contribution in [-0.2, 0) is 57.5 Å². The second kappa shape index (κ2) is 55.0. The molecule has 0 saturated carbocycles. The molecule has 0 aromatic carbocycles. The number of amides is 10. The van der Waals surface area contributed by atoms with E-state index >= 15 is 0 Å². The molecule has 0 radical (unpaired) electrons. The van der Waals surface area contributed by atoms with Crippen LogP contribution in [0.5, 0.6) is 0 Å². The van der Waals surface area contributed by atoms with Gasteiger partial charge in [0.15, 0.2) is 11.9 Å². The van der Waals surface area contributed by atoms with Crippen molar-refractivity contribution in [2.24, 2.45) is 79.2 Å². The normalized spacial score (nSPS) is 14.7. The van der Waals surface area contributed by atoms with Crippen molar-refractivity contribution in [3.05, 3.63) is 0 Å². The smallest absolute Gasteiger partial charge is 0.326 e. The number of nitrogens with two attached hydrogens (primary N) is 10. The average Bonchev–Trinajstić information content (AvgIpc) is 0.873. The summed E-state index contributed by atoms with van der Waals surface area (Å²) in [5, 5.41) is 46.5. The minimum Gasteiger partial charge on any atom is -0.481 e. The van der Waals surface area contributed by atoms with E-state index < -0.39 is 156 Å². The van der Waals surface area contributed by atoms with Gasteiger partial charge in [-0.05, 0) is 198 Å². The number of unbranched alkanes of at least 4 members (excludes halogenated alkanes) is 5. The summed E-state index contributed by atoms with van der Waals surface area (Å²) in [6, 6.07) is -14.7. The fraction of sp³-hybridized carbons (Fsp3) is 0.781. The molecule has 101 heavy (non-hydrogen) atoms. The lowest BCUT2D eigenvalue weighted by molar-refractivity contribution is -0.144. The van der Waals surface area contributed by atoms with Crippen LogP contribution in [0.15, 0.2) is 9.98 Å². The van der Waals surface area contributed by atoms with Crippen molar-refractivity contribution in [1.29, 1.82) is 0 Å².